The van der Waals surface area contributed by atoms with Gasteiger partial charge in [0.15, 0.2) is 0 Å². The number of aryl methyl sites for hydroxylation is 1. The van der Waals surface area contributed by atoms with Gasteiger partial charge in [0, 0.05) is 22.4 Å². The zero-order chi connectivity index (χ0) is 20.3. The van der Waals surface area contributed by atoms with Gasteiger partial charge in [-0.1, -0.05) is 23.3 Å². The number of allylic oxidation sites excluding steroid dienone is 4. The molecule has 0 saturated carbocycles. The Morgan fingerprint density at radius 3 is 2.39 bits per heavy atom. The Labute approximate surface area is 168 Å². The standard InChI is InChI=1S/C25H31NO2/c1-16(2)8-7-9-17(3)10-11-20-23(27-5)13-12-19-21-14-18(4)24(28-6)15-22(21)26-25(19)20/h8,10,12-15,26H,7,9,11H2,1-6H3. The number of benzene rings is 2. The van der Waals surface area contributed by atoms with Crippen molar-refractivity contribution < 1.29 is 9.47 Å². The summed E-state index contributed by atoms with van der Waals surface area (Å²) in [7, 11) is 3.46. The molecule has 0 aliphatic rings. The highest BCUT2D eigenvalue weighted by molar-refractivity contribution is 6.09. The topological polar surface area (TPSA) is 34.2 Å². The minimum Gasteiger partial charge on any atom is -0.496 e. The first-order valence-electron chi connectivity index (χ1n) is 9.89. The number of methoxy groups -OCH3 is 2. The molecule has 0 bridgehead atoms. The molecule has 1 heterocycles. The highest BCUT2D eigenvalue weighted by atomic mass is 16.5. The Morgan fingerprint density at radius 2 is 1.71 bits per heavy atom. The minimum absolute atomic E-state index is 0.851. The molecule has 1 N–H and O–H groups in total. The van der Waals surface area contributed by atoms with Gasteiger partial charge in [0.2, 0.25) is 0 Å². The first kappa shape index (κ1) is 20.1. The highest BCUT2D eigenvalue weighted by Crippen LogP contribution is 2.36. The van der Waals surface area contributed by atoms with Crippen LogP contribution in [0.25, 0.3) is 21.8 Å². The normalized spacial score (nSPS) is 11.9. The molecule has 0 atom stereocenters. The predicted molar refractivity (Wildman–Crippen MR) is 120 cm³/mol. The number of ether oxygens (including phenoxy) is 2. The summed E-state index contributed by atoms with van der Waals surface area (Å²) in [5.41, 5.74) is 7.37. The monoisotopic (exact) mass is 377 g/mol. The van der Waals surface area contributed by atoms with Crippen LogP contribution >= 0.6 is 0 Å². The van der Waals surface area contributed by atoms with Crippen molar-refractivity contribution >= 4 is 21.8 Å². The van der Waals surface area contributed by atoms with Crippen LogP contribution in [0, 0.1) is 6.92 Å². The van der Waals surface area contributed by atoms with E-state index >= 15 is 0 Å². The molecule has 28 heavy (non-hydrogen) atoms. The molecule has 0 aliphatic heterocycles. The Balaban J connectivity index is 2.02. The van der Waals surface area contributed by atoms with Crippen molar-refractivity contribution in [1.82, 2.24) is 4.98 Å². The van der Waals surface area contributed by atoms with Crippen molar-refractivity contribution in [2.24, 2.45) is 0 Å². The second-order valence-electron chi connectivity index (χ2n) is 7.74. The van der Waals surface area contributed by atoms with Gasteiger partial charge in [0.25, 0.3) is 0 Å². The Morgan fingerprint density at radius 1 is 0.964 bits per heavy atom. The summed E-state index contributed by atoms with van der Waals surface area (Å²) in [6.07, 6.45) is 7.66. The van der Waals surface area contributed by atoms with Gasteiger partial charge in [-0.2, -0.15) is 0 Å². The number of hydrogen-bond donors (Lipinski definition) is 1. The van der Waals surface area contributed by atoms with E-state index in [1.54, 1.807) is 14.2 Å². The second kappa shape index (κ2) is 8.55. The van der Waals surface area contributed by atoms with Crippen molar-refractivity contribution in [3.63, 3.8) is 0 Å². The summed E-state index contributed by atoms with van der Waals surface area (Å²) in [6, 6.07) is 8.51. The van der Waals surface area contributed by atoms with Gasteiger partial charge in [0.05, 0.1) is 25.3 Å². The van der Waals surface area contributed by atoms with Gasteiger partial charge in [-0.15, -0.1) is 0 Å². The van der Waals surface area contributed by atoms with Crippen molar-refractivity contribution in [3.8, 4) is 11.5 Å². The van der Waals surface area contributed by atoms with Gasteiger partial charge in [-0.3, -0.25) is 0 Å². The lowest BCUT2D eigenvalue weighted by Crippen LogP contribution is -1.93. The smallest absolute Gasteiger partial charge is 0.124 e. The molecule has 0 fully saturated rings. The summed E-state index contributed by atoms with van der Waals surface area (Å²) < 4.78 is 11.2. The molecule has 3 nitrogen and oxygen atoms in total. The molecule has 3 rings (SSSR count). The van der Waals surface area contributed by atoms with E-state index in [-0.39, 0.29) is 0 Å². The van der Waals surface area contributed by atoms with Crippen molar-refractivity contribution in [1.29, 1.82) is 0 Å². The minimum atomic E-state index is 0.851. The predicted octanol–water partition coefficient (Wildman–Crippen LogP) is 6.88. The molecule has 0 spiro atoms. The van der Waals surface area contributed by atoms with E-state index < -0.39 is 0 Å². The zero-order valence-electron chi connectivity index (χ0n) is 17.9. The SMILES string of the molecule is COc1cc2[nH]c3c(CC=C(C)CCC=C(C)C)c(OC)ccc3c2cc1C. The van der Waals surface area contributed by atoms with Gasteiger partial charge in [-0.05, 0) is 70.7 Å². The van der Waals surface area contributed by atoms with Gasteiger partial charge < -0.3 is 14.5 Å². The quantitative estimate of drug-likeness (QED) is 0.455. The van der Waals surface area contributed by atoms with E-state index in [2.05, 4.69) is 69.1 Å². The van der Waals surface area contributed by atoms with Gasteiger partial charge >= 0.3 is 0 Å². The van der Waals surface area contributed by atoms with Crippen LogP contribution in [-0.4, -0.2) is 19.2 Å². The van der Waals surface area contributed by atoms with Crippen LogP contribution in [0.3, 0.4) is 0 Å². The fraction of sp³-hybridized carbons (Fsp3) is 0.360. The van der Waals surface area contributed by atoms with Gasteiger partial charge in [0.1, 0.15) is 11.5 Å². The number of H-pyrrole nitrogens is 1. The van der Waals surface area contributed by atoms with E-state index in [0.29, 0.717) is 0 Å². The average molecular weight is 378 g/mol. The van der Waals surface area contributed by atoms with Crippen molar-refractivity contribution in [2.45, 2.75) is 47.0 Å². The van der Waals surface area contributed by atoms with E-state index in [1.165, 1.54) is 27.5 Å². The van der Waals surface area contributed by atoms with E-state index in [1.807, 2.05) is 0 Å². The third kappa shape index (κ3) is 4.09. The first-order chi connectivity index (χ1) is 13.4. The lowest BCUT2D eigenvalue weighted by atomic mass is 10.0. The van der Waals surface area contributed by atoms with Crippen LogP contribution in [0.2, 0.25) is 0 Å². The third-order valence-electron chi connectivity index (χ3n) is 5.32. The molecule has 0 unspecified atom stereocenters. The largest absolute Gasteiger partial charge is 0.496 e. The first-order valence-corrected chi connectivity index (χ1v) is 9.89. The maximum Gasteiger partial charge on any atom is 0.124 e. The Bertz CT molecular complexity index is 1050. The van der Waals surface area contributed by atoms with Crippen LogP contribution in [0.1, 0.15) is 44.7 Å². The van der Waals surface area contributed by atoms with E-state index in [4.69, 9.17) is 9.47 Å². The summed E-state index contributed by atoms with van der Waals surface area (Å²) in [6.45, 7) is 8.60. The fourth-order valence-electron chi connectivity index (χ4n) is 3.73. The second-order valence-corrected chi connectivity index (χ2v) is 7.74. The molecule has 3 aromatic rings. The molecule has 0 radical (unpaired) electrons. The van der Waals surface area contributed by atoms with Crippen molar-refractivity contribution in [2.75, 3.05) is 14.2 Å². The highest BCUT2D eigenvalue weighted by Gasteiger charge is 2.14. The van der Waals surface area contributed by atoms with E-state index in [9.17, 15) is 0 Å². The fourth-order valence-corrected chi connectivity index (χ4v) is 3.73. The van der Waals surface area contributed by atoms with Crippen LogP contribution in [0.4, 0.5) is 0 Å². The van der Waals surface area contributed by atoms with Crippen LogP contribution in [0.15, 0.2) is 47.6 Å². The maximum absolute atomic E-state index is 5.68. The molecule has 1 aromatic heterocycles. The molecule has 2 aromatic carbocycles. The summed E-state index contributed by atoms with van der Waals surface area (Å²) in [4.78, 5) is 3.61. The molecule has 0 aliphatic carbocycles. The number of nitrogens with one attached hydrogen (secondary N) is 1. The summed E-state index contributed by atoms with van der Waals surface area (Å²) in [5, 5.41) is 2.45. The molecule has 0 amide bonds. The number of fused-ring (bicyclic) bond motifs is 3. The molecule has 0 saturated heterocycles. The van der Waals surface area contributed by atoms with E-state index in [0.717, 1.165) is 47.4 Å². The lowest BCUT2D eigenvalue weighted by Gasteiger charge is -2.09. The van der Waals surface area contributed by atoms with Crippen LogP contribution in [0.5, 0.6) is 11.5 Å². The zero-order valence-corrected chi connectivity index (χ0v) is 17.9. The summed E-state index contributed by atoms with van der Waals surface area (Å²) in [5.74, 6) is 1.83. The molecular weight excluding hydrogens is 346 g/mol. The van der Waals surface area contributed by atoms with Crippen LogP contribution in [-0.2, 0) is 6.42 Å². The number of rotatable bonds is 7. The Hall–Kier alpha value is -2.68. The third-order valence-corrected chi connectivity index (χ3v) is 5.32. The number of hydrogen-bond acceptors (Lipinski definition) is 2. The molecule has 148 valence electrons. The van der Waals surface area contributed by atoms with Crippen LogP contribution < -0.4 is 9.47 Å². The van der Waals surface area contributed by atoms with Crippen molar-refractivity contribution in [3.05, 3.63) is 58.7 Å². The maximum atomic E-state index is 5.68. The van der Waals surface area contributed by atoms with Gasteiger partial charge in [-0.25, -0.2) is 0 Å². The number of aromatic nitrogens is 1. The number of aromatic amines is 1. The average Bonchev–Trinajstić information content (AvgIpc) is 3.02. The molecular formula is C25H31NO2. The lowest BCUT2D eigenvalue weighted by molar-refractivity contribution is 0.411. The molecule has 3 heteroatoms. The Kier molecular flexibility index (Phi) is 6.13. The summed E-state index contributed by atoms with van der Waals surface area (Å²) >= 11 is 0.